The maximum absolute atomic E-state index is 12.1. The summed E-state index contributed by atoms with van der Waals surface area (Å²) in [7, 11) is 0. The number of esters is 1. The number of ether oxygens (including phenoxy) is 1. The van der Waals surface area contributed by atoms with Crippen molar-refractivity contribution in [2.75, 3.05) is 0 Å². The molecular formula is C17H16BrNO4. The lowest BCUT2D eigenvalue weighted by Crippen LogP contribution is -2.12. The highest BCUT2D eigenvalue weighted by atomic mass is 79.9. The minimum absolute atomic E-state index is 0.00879. The summed E-state index contributed by atoms with van der Waals surface area (Å²) in [6.07, 6.45) is 0. The number of halogens is 1. The predicted molar refractivity (Wildman–Crippen MR) is 90.9 cm³/mol. The van der Waals surface area contributed by atoms with Gasteiger partial charge in [-0.25, -0.2) is 4.79 Å². The molecule has 0 saturated heterocycles. The van der Waals surface area contributed by atoms with Crippen LogP contribution in [0.25, 0.3) is 0 Å². The van der Waals surface area contributed by atoms with Crippen LogP contribution in [0.1, 0.15) is 36.7 Å². The van der Waals surface area contributed by atoms with Crippen LogP contribution >= 0.6 is 15.9 Å². The van der Waals surface area contributed by atoms with Crippen LogP contribution in [0, 0.1) is 10.1 Å². The van der Waals surface area contributed by atoms with Crippen molar-refractivity contribution >= 4 is 27.6 Å². The van der Waals surface area contributed by atoms with E-state index in [4.69, 9.17) is 4.74 Å². The quantitative estimate of drug-likeness (QED) is 0.331. The van der Waals surface area contributed by atoms with Crippen molar-refractivity contribution in [2.45, 2.75) is 26.2 Å². The molecule has 0 saturated carbocycles. The van der Waals surface area contributed by atoms with Gasteiger partial charge in [-0.05, 0) is 51.2 Å². The zero-order chi connectivity index (χ0) is 17.2. The molecule has 0 aliphatic rings. The summed E-state index contributed by atoms with van der Waals surface area (Å²) in [6.45, 7) is 6.28. The summed E-state index contributed by atoms with van der Waals surface area (Å²) in [5, 5.41) is 10.9. The fraction of sp³-hybridized carbons (Fsp3) is 0.235. The molecule has 2 rings (SSSR count). The number of carbonyl (C=O) groups is 1. The van der Waals surface area contributed by atoms with Gasteiger partial charge in [0.05, 0.1) is 15.0 Å². The molecule has 0 aliphatic carbocycles. The lowest BCUT2D eigenvalue weighted by atomic mass is 9.87. The summed E-state index contributed by atoms with van der Waals surface area (Å²) in [5.41, 5.74) is 1.08. The largest absolute Gasteiger partial charge is 0.423 e. The van der Waals surface area contributed by atoms with Crippen molar-refractivity contribution in [3.8, 4) is 5.75 Å². The van der Waals surface area contributed by atoms with Gasteiger partial charge in [-0.1, -0.05) is 32.9 Å². The summed E-state index contributed by atoms with van der Waals surface area (Å²) in [6, 6.07) is 11.3. The molecule has 0 aromatic heterocycles. The molecule has 0 spiro atoms. The van der Waals surface area contributed by atoms with E-state index in [0.717, 1.165) is 5.56 Å². The van der Waals surface area contributed by atoms with Gasteiger partial charge < -0.3 is 4.74 Å². The second-order valence-electron chi connectivity index (χ2n) is 6.09. The summed E-state index contributed by atoms with van der Waals surface area (Å²) < 4.78 is 5.58. The number of hydrogen-bond acceptors (Lipinski definition) is 4. The maximum Gasteiger partial charge on any atom is 0.343 e. The zero-order valence-electron chi connectivity index (χ0n) is 13.0. The van der Waals surface area contributed by atoms with E-state index in [2.05, 4.69) is 36.7 Å². The molecule has 0 N–H and O–H groups in total. The van der Waals surface area contributed by atoms with Crippen LogP contribution in [-0.4, -0.2) is 10.9 Å². The molecule has 0 amide bonds. The van der Waals surface area contributed by atoms with E-state index in [-0.39, 0.29) is 16.7 Å². The molecule has 6 heteroatoms. The molecule has 0 atom stereocenters. The molecule has 120 valence electrons. The summed E-state index contributed by atoms with van der Waals surface area (Å²) >= 11 is 3.08. The molecule has 5 nitrogen and oxygen atoms in total. The van der Waals surface area contributed by atoms with Crippen LogP contribution < -0.4 is 4.74 Å². The third-order valence-corrected chi connectivity index (χ3v) is 3.98. The number of benzene rings is 2. The second-order valence-corrected chi connectivity index (χ2v) is 6.94. The van der Waals surface area contributed by atoms with Crippen molar-refractivity contribution in [1.82, 2.24) is 0 Å². The average molecular weight is 378 g/mol. The lowest BCUT2D eigenvalue weighted by Gasteiger charge is -2.19. The number of nitro benzene ring substituents is 1. The van der Waals surface area contributed by atoms with Crippen LogP contribution in [-0.2, 0) is 5.41 Å². The smallest absolute Gasteiger partial charge is 0.343 e. The van der Waals surface area contributed by atoms with E-state index in [1.54, 1.807) is 12.1 Å². The van der Waals surface area contributed by atoms with E-state index in [1.165, 1.54) is 18.2 Å². The lowest BCUT2D eigenvalue weighted by molar-refractivity contribution is -0.385. The van der Waals surface area contributed by atoms with E-state index in [0.29, 0.717) is 10.2 Å². The Bertz CT molecular complexity index is 748. The minimum Gasteiger partial charge on any atom is -0.423 e. The van der Waals surface area contributed by atoms with Crippen molar-refractivity contribution < 1.29 is 14.5 Å². The van der Waals surface area contributed by atoms with E-state index < -0.39 is 10.9 Å². The van der Waals surface area contributed by atoms with Crippen molar-refractivity contribution in [3.05, 3.63) is 68.2 Å². The molecule has 0 fully saturated rings. The highest BCUT2D eigenvalue weighted by Gasteiger charge is 2.18. The average Bonchev–Trinajstić information content (AvgIpc) is 2.47. The van der Waals surface area contributed by atoms with Crippen molar-refractivity contribution in [2.24, 2.45) is 0 Å². The molecule has 23 heavy (non-hydrogen) atoms. The number of hydrogen-bond donors (Lipinski definition) is 0. The first kappa shape index (κ1) is 17.1. The van der Waals surface area contributed by atoms with Crippen LogP contribution in [0.15, 0.2) is 46.9 Å². The van der Waals surface area contributed by atoms with Gasteiger partial charge in [0.15, 0.2) is 0 Å². The number of nitro groups is 1. The van der Waals surface area contributed by atoms with Crippen LogP contribution in [0.4, 0.5) is 5.69 Å². The molecule has 0 aliphatic heterocycles. The Morgan fingerprint density at radius 1 is 1.13 bits per heavy atom. The standard InChI is InChI=1S/C17H16BrNO4/c1-17(2,3)12-5-7-13(8-6-12)23-16(20)11-4-9-14(18)15(10-11)19(21)22/h4-10H,1-3H3. The third kappa shape index (κ3) is 4.16. The Morgan fingerprint density at radius 3 is 2.26 bits per heavy atom. The van der Waals surface area contributed by atoms with Gasteiger partial charge in [0.2, 0.25) is 0 Å². The Balaban J connectivity index is 2.19. The summed E-state index contributed by atoms with van der Waals surface area (Å²) in [4.78, 5) is 22.5. The molecule has 0 heterocycles. The molecule has 2 aromatic carbocycles. The highest BCUT2D eigenvalue weighted by molar-refractivity contribution is 9.10. The molecule has 0 radical (unpaired) electrons. The SMILES string of the molecule is CC(C)(C)c1ccc(OC(=O)c2ccc(Br)c([N+](=O)[O-])c2)cc1. The molecule has 0 unspecified atom stereocenters. The monoisotopic (exact) mass is 377 g/mol. The third-order valence-electron chi connectivity index (χ3n) is 3.31. The van der Waals surface area contributed by atoms with Crippen molar-refractivity contribution in [3.63, 3.8) is 0 Å². The Hall–Kier alpha value is -2.21. The van der Waals surface area contributed by atoms with E-state index in [1.807, 2.05) is 12.1 Å². The Kier molecular flexibility index (Phi) is 4.85. The molecule has 2 aromatic rings. The van der Waals surface area contributed by atoms with E-state index in [9.17, 15) is 14.9 Å². The van der Waals surface area contributed by atoms with Gasteiger partial charge in [0, 0.05) is 6.07 Å². The van der Waals surface area contributed by atoms with E-state index >= 15 is 0 Å². The van der Waals surface area contributed by atoms with Gasteiger partial charge in [-0.2, -0.15) is 0 Å². The van der Waals surface area contributed by atoms with Gasteiger partial charge in [0.25, 0.3) is 5.69 Å². The summed E-state index contributed by atoms with van der Waals surface area (Å²) in [5.74, 6) is -0.238. The van der Waals surface area contributed by atoms with Crippen LogP contribution in [0.3, 0.4) is 0 Å². The number of rotatable bonds is 3. The Labute approximate surface area is 142 Å². The van der Waals surface area contributed by atoms with Gasteiger partial charge in [-0.15, -0.1) is 0 Å². The topological polar surface area (TPSA) is 69.4 Å². The first-order valence-corrected chi connectivity index (χ1v) is 7.74. The Morgan fingerprint density at radius 2 is 1.74 bits per heavy atom. The highest BCUT2D eigenvalue weighted by Crippen LogP contribution is 2.27. The van der Waals surface area contributed by atoms with Gasteiger partial charge in [0.1, 0.15) is 5.75 Å². The van der Waals surface area contributed by atoms with Crippen molar-refractivity contribution in [1.29, 1.82) is 0 Å². The van der Waals surface area contributed by atoms with Crippen LogP contribution in [0.5, 0.6) is 5.75 Å². The predicted octanol–water partition coefficient (Wildman–Crippen LogP) is 4.87. The first-order valence-electron chi connectivity index (χ1n) is 6.95. The fourth-order valence-electron chi connectivity index (χ4n) is 1.97. The maximum atomic E-state index is 12.1. The van der Waals surface area contributed by atoms with Crippen LogP contribution in [0.2, 0.25) is 0 Å². The fourth-order valence-corrected chi connectivity index (χ4v) is 2.36. The second kappa shape index (κ2) is 6.50. The first-order chi connectivity index (χ1) is 10.7. The van der Waals surface area contributed by atoms with Gasteiger partial charge >= 0.3 is 5.97 Å². The molecule has 0 bridgehead atoms. The van der Waals surface area contributed by atoms with Gasteiger partial charge in [-0.3, -0.25) is 10.1 Å². The zero-order valence-corrected chi connectivity index (χ0v) is 14.6. The molecular weight excluding hydrogens is 362 g/mol. The number of nitrogens with zero attached hydrogens (tertiary/aromatic N) is 1. The minimum atomic E-state index is -0.635. The normalized spacial score (nSPS) is 11.1. The number of carbonyl (C=O) groups excluding carboxylic acids is 1.